The second-order valence-electron chi connectivity index (χ2n) is 3.01. The van der Waals surface area contributed by atoms with Gasteiger partial charge in [-0.2, -0.15) is 0 Å². The maximum atomic E-state index is 11.0. The van der Waals surface area contributed by atoms with Crippen LogP contribution in [0.3, 0.4) is 0 Å². The van der Waals surface area contributed by atoms with E-state index in [1.54, 1.807) is 6.92 Å². The average Bonchev–Trinajstić information content (AvgIpc) is 2.00. The molecule has 0 amide bonds. The molecule has 0 saturated heterocycles. The first kappa shape index (κ1) is 11.2. The van der Waals surface area contributed by atoms with Crippen LogP contribution >= 0.6 is 0 Å². The zero-order chi connectivity index (χ0) is 9.40. The average molecular weight is 167 g/mol. The molecule has 1 unspecified atom stereocenters. The summed E-state index contributed by atoms with van der Waals surface area (Å²) in [4.78, 5) is 11.0. The van der Waals surface area contributed by atoms with Gasteiger partial charge in [0, 0.05) is 12.5 Å². The quantitative estimate of drug-likeness (QED) is 0.630. The first-order chi connectivity index (χ1) is 5.66. The van der Waals surface area contributed by atoms with Gasteiger partial charge in [0.25, 0.3) is 0 Å². The van der Waals surface area contributed by atoms with Crippen LogP contribution in [0.25, 0.3) is 0 Å². The molecule has 2 heteroatoms. The number of rotatable bonds is 5. The predicted octanol–water partition coefficient (Wildman–Crippen LogP) is 1.49. The van der Waals surface area contributed by atoms with Crippen LogP contribution in [0.1, 0.15) is 39.5 Å². The standard InChI is InChI=1S/C10H17NO/c1-3-4-7-10(12)8-5-6-9(2)11/h9H,5-8,11H2,1-2H3. The topological polar surface area (TPSA) is 43.1 Å². The minimum atomic E-state index is 0.204. The van der Waals surface area contributed by atoms with Gasteiger partial charge in [-0.1, -0.05) is 5.92 Å². The molecular weight excluding hydrogens is 150 g/mol. The number of carbonyl (C=O) groups excluding carboxylic acids is 1. The first-order valence-corrected chi connectivity index (χ1v) is 4.33. The Hall–Kier alpha value is -0.810. The summed E-state index contributed by atoms with van der Waals surface area (Å²) < 4.78 is 0. The Morgan fingerprint density at radius 2 is 2.25 bits per heavy atom. The van der Waals surface area contributed by atoms with Gasteiger partial charge in [0.05, 0.1) is 6.42 Å². The maximum absolute atomic E-state index is 11.0. The molecule has 2 N–H and O–H groups in total. The van der Waals surface area contributed by atoms with Gasteiger partial charge in [-0.05, 0) is 26.7 Å². The molecule has 68 valence electrons. The smallest absolute Gasteiger partial charge is 0.144 e. The van der Waals surface area contributed by atoms with Gasteiger partial charge in [0.2, 0.25) is 0 Å². The zero-order valence-corrected chi connectivity index (χ0v) is 7.89. The fourth-order valence-electron chi connectivity index (χ4n) is 0.897. The third-order valence-corrected chi connectivity index (χ3v) is 1.58. The summed E-state index contributed by atoms with van der Waals surface area (Å²) in [6.07, 6.45) is 2.83. The summed E-state index contributed by atoms with van der Waals surface area (Å²) in [7, 11) is 0. The van der Waals surface area contributed by atoms with Crippen molar-refractivity contribution in [1.29, 1.82) is 0 Å². The molecule has 0 heterocycles. The molecule has 0 rings (SSSR count). The number of ketones is 1. The summed E-state index contributed by atoms with van der Waals surface area (Å²) in [6.45, 7) is 3.70. The minimum Gasteiger partial charge on any atom is -0.328 e. The summed E-state index contributed by atoms with van der Waals surface area (Å²) in [6, 6.07) is 0.204. The Kier molecular flexibility index (Phi) is 6.41. The van der Waals surface area contributed by atoms with E-state index in [0.717, 1.165) is 12.8 Å². The zero-order valence-electron chi connectivity index (χ0n) is 7.89. The highest BCUT2D eigenvalue weighted by Gasteiger charge is 2.00. The highest BCUT2D eigenvalue weighted by atomic mass is 16.1. The minimum absolute atomic E-state index is 0.204. The van der Waals surface area contributed by atoms with Gasteiger partial charge >= 0.3 is 0 Å². The van der Waals surface area contributed by atoms with Crippen LogP contribution in [0.5, 0.6) is 0 Å². The summed E-state index contributed by atoms with van der Waals surface area (Å²) in [5.74, 6) is 5.68. The molecule has 0 aliphatic rings. The molecule has 2 nitrogen and oxygen atoms in total. The Morgan fingerprint density at radius 3 is 2.75 bits per heavy atom. The van der Waals surface area contributed by atoms with E-state index in [-0.39, 0.29) is 11.8 Å². The van der Waals surface area contributed by atoms with Crippen molar-refractivity contribution in [2.75, 3.05) is 0 Å². The highest BCUT2D eigenvalue weighted by Crippen LogP contribution is 2.00. The molecule has 0 fully saturated rings. The van der Waals surface area contributed by atoms with Gasteiger partial charge in [-0.25, -0.2) is 0 Å². The van der Waals surface area contributed by atoms with Crippen LogP contribution in [0.2, 0.25) is 0 Å². The van der Waals surface area contributed by atoms with E-state index in [4.69, 9.17) is 5.73 Å². The number of Topliss-reactive ketones (excluding diaryl/α,β-unsaturated/α-hetero) is 1. The van der Waals surface area contributed by atoms with E-state index in [1.165, 1.54) is 0 Å². The van der Waals surface area contributed by atoms with Crippen LogP contribution in [-0.2, 0) is 4.79 Å². The molecule has 1 atom stereocenters. The van der Waals surface area contributed by atoms with Crippen LogP contribution in [0, 0.1) is 11.8 Å². The van der Waals surface area contributed by atoms with E-state index >= 15 is 0 Å². The molecule has 0 spiro atoms. The number of hydrogen-bond donors (Lipinski definition) is 1. The Morgan fingerprint density at radius 1 is 1.58 bits per heavy atom. The van der Waals surface area contributed by atoms with E-state index < -0.39 is 0 Å². The number of hydrogen-bond acceptors (Lipinski definition) is 2. The molecule has 0 aromatic carbocycles. The van der Waals surface area contributed by atoms with E-state index in [1.807, 2.05) is 6.92 Å². The molecule has 0 aliphatic heterocycles. The van der Waals surface area contributed by atoms with Crippen molar-refractivity contribution in [3.05, 3.63) is 0 Å². The SMILES string of the molecule is CC#CCC(=O)CCCC(C)N. The largest absolute Gasteiger partial charge is 0.328 e. The lowest BCUT2D eigenvalue weighted by molar-refractivity contribution is -0.118. The highest BCUT2D eigenvalue weighted by molar-refractivity contribution is 5.80. The Bertz CT molecular complexity index is 186. The summed E-state index contributed by atoms with van der Waals surface area (Å²) in [5.41, 5.74) is 5.54. The van der Waals surface area contributed by atoms with Crippen molar-refractivity contribution in [2.45, 2.75) is 45.6 Å². The van der Waals surface area contributed by atoms with Gasteiger partial charge in [-0.3, -0.25) is 4.79 Å². The summed E-state index contributed by atoms with van der Waals surface area (Å²) in [5, 5.41) is 0. The second kappa shape index (κ2) is 6.87. The molecule has 0 aromatic rings. The predicted molar refractivity (Wildman–Crippen MR) is 50.6 cm³/mol. The third-order valence-electron chi connectivity index (χ3n) is 1.58. The lowest BCUT2D eigenvalue weighted by Crippen LogP contribution is -2.14. The molecule has 0 bridgehead atoms. The molecule has 0 radical (unpaired) electrons. The second-order valence-corrected chi connectivity index (χ2v) is 3.01. The van der Waals surface area contributed by atoms with Crippen molar-refractivity contribution in [3.63, 3.8) is 0 Å². The molecule has 0 aliphatic carbocycles. The van der Waals surface area contributed by atoms with Crippen molar-refractivity contribution < 1.29 is 4.79 Å². The van der Waals surface area contributed by atoms with E-state index in [2.05, 4.69) is 11.8 Å². The van der Waals surface area contributed by atoms with Crippen molar-refractivity contribution in [3.8, 4) is 11.8 Å². The van der Waals surface area contributed by atoms with Crippen molar-refractivity contribution in [2.24, 2.45) is 5.73 Å². The van der Waals surface area contributed by atoms with Crippen LogP contribution < -0.4 is 5.73 Å². The Labute approximate surface area is 74.5 Å². The van der Waals surface area contributed by atoms with Crippen LogP contribution in [-0.4, -0.2) is 11.8 Å². The maximum Gasteiger partial charge on any atom is 0.144 e. The molecule has 0 saturated carbocycles. The van der Waals surface area contributed by atoms with E-state index in [0.29, 0.717) is 12.8 Å². The van der Waals surface area contributed by atoms with Crippen LogP contribution in [0.15, 0.2) is 0 Å². The normalized spacial score (nSPS) is 11.6. The summed E-state index contributed by atoms with van der Waals surface area (Å²) >= 11 is 0. The van der Waals surface area contributed by atoms with Crippen LogP contribution in [0.4, 0.5) is 0 Å². The monoisotopic (exact) mass is 167 g/mol. The van der Waals surface area contributed by atoms with Gasteiger partial charge < -0.3 is 5.73 Å². The van der Waals surface area contributed by atoms with Crippen molar-refractivity contribution >= 4 is 5.78 Å². The van der Waals surface area contributed by atoms with Gasteiger partial charge in [0.1, 0.15) is 5.78 Å². The van der Waals surface area contributed by atoms with Crippen molar-refractivity contribution in [1.82, 2.24) is 0 Å². The first-order valence-electron chi connectivity index (χ1n) is 4.33. The van der Waals surface area contributed by atoms with Gasteiger partial charge in [0.15, 0.2) is 0 Å². The lowest BCUT2D eigenvalue weighted by Gasteiger charge is -2.01. The molecular formula is C10H17NO. The number of carbonyl (C=O) groups is 1. The van der Waals surface area contributed by atoms with E-state index in [9.17, 15) is 4.79 Å². The fraction of sp³-hybridized carbons (Fsp3) is 0.700. The third kappa shape index (κ3) is 7.30. The lowest BCUT2D eigenvalue weighted by atomic mass is 10.1. The molecule has 12 heavy (non-hydrogen) atoms. The Balaban J connectivity index is 3.36. The van der Waals surface area contributed by atoms with Gasteiger partial charge in [-0.15, -0.1) is 5.92 Å². The number of nitrogens with two attached hydrogens (primary N) is 1. The fourth-order valence-corrected chi connectivity index (χ4v) is 0.897. The molecule has 0 aromatic heterocycles.